The summed E-state index contributed by atoms with van der Waals surface area (Å²) in [5.74, 6) is 3.56. The van der Waals surface area contributed by atoms with E-state index in [0.717, 1.165) is 42.2 Å². The molecule has 1 aromatic rings. The van der Waals surface area contributed by atoms with E-state index in [9.17, 15) is 4.79 Å². The van der Waals surface area contributed by atoms with Crippen molar-refractivity contribution in [2.45, 2.75) is 63.8 Å². The molecule has 0 radical (unpaired) electrons. The highest BCUT2D eigenvalue weighted by molar-refractivity contribution is 5.87. The van der Waals surface area contributed by atoms with Crippen LogP contribution in [-0.4, -0.2) is 37.5 Å². The Labute approximate surface area is 164 Å². The standard InChI is InChI=1S/C24H36N2O/c1-24(2,21-7-5-6-16(15-21)8-9-26(3)4)23(27)25-22-19-11-17-10-18(13-19)14-20(22)12-17/h5-7,15,17-20,22H,8-14H2,1-4H3,(H,25,27). The zero-order valence-electron chi connectivity index (χ0n) is 17.5. The Morgan fingerprint density at radius 3 is 2.30 bits per heavy atom. The van der Waals surface area contributed by atoms with Gasteiger partial charge < -0.3 is 10.2 Å². The van der Waals surface area contributed by atoms with E-state index in [2.05, 4.69) is 62.4 Å². The number of likely N-dealkylation sites (N-methyl/N-ethyl adjacent to an activating group) is 1. The van der Waals surface area contributed by atoms with Gasteiger partial charge in [-0.2, -0.15) is 0 Å². The zero-order valence-corrected chi connectivity index (χ0v) is 17.5. The van der Waals surface area contributed by atoms with Gasteiger partial charge in [-0.15, -0.1) is 0 Å². The maximum Gasteiger partial charge on any atom is 0.230 e. The molecule has 1 N–H and O–H groups in total. The van der Waals surface area contributed by atoms with Gasteiger partial charge in [-0.1, -0.05) is 24.3 Å². The Hall–Kier alpha value is -1.35. The zero-order chi connectivity index (χ0) is 19.2. The molecule has 0 saturated heterocycles. The third-order valence-electron chi connectivity index (χ3n) is 7.59. The Morgan fingerprint density at radius 2 is 1.70 bits per heavy atom. The molecule has 0 aliphatic heterocycles. The van der Waals surface area contributed by atoms with Gasteiger partial charge >= 0.3 is 0 Å². The lowest BCUT2D eigenvalue weighted by atomic mass is 9.54. The van der Waals surface area contributed by atoms with Gasteiger partial charge in [-0.3, -0.25) is 4.79 Å². The molecule has 4 saturated carbocycles. The number of carbonyl (C=O) groups is 1. The monoisotopic (exact) mass is 368 g/mol. The summed E-state index contributed by atoms with van der Waals surface area (Å²) in [6.45, 7) is 5.21. The minimum atomic E-state index is -0.483. The van der Waals surface area contributed by atoms with Crippen LogP contribution in [0.1, 0.15) is 57.1 Å². The van der Waals surface area contributed by atoms with E-state index >= 15 is 0 Å². The third-order valence-corrected chi connectivity index (χ3v) is 7.59. The molecule has 0 spiro atoms. The van der Waals surface area contributed by atoms with Crippen LogP contribution in [0.15, 0.2) is 24.3 Å². The minimum Gasteiger partial charge on any atom is -0.352 e. The molecule has 4 aliphatic rings. The molecule has 0 heterocycles. The summed E-state index contributed by atoms with van der Waals surface area (Å²) in [4.78, 5) is 15.5. The lowest BCUT2D eigenvalue weighted by Gasteiger charge is -2.54. The minimum absolute atomic E-state index is 0.213. The van der Waals surface area contributed by atoms with Crippen LogP contribution < -0.4 is 5.32 Å². The number of hydrogen-bond acceptors (Lipinski definition) is 2. The summed E-state index contributed by atoms with van der Waals surface area (Å²) in [5, 5.41) is 3.52. The van der Waals surface area contributed by atoms with Gasteiger partial charge in [0.2, 0.25) is 5.91 Å². The normalized spacial score (nSPS) is 32.1. The Morgan fingerprint density at radius 1 is 1.07 bits per heavy atom. The molecule has 27 heavy (non-hydrogen) atoms. The van der Waals surface area contributed by atoms with E-state index in [1.54, 1.807) is 0 Å². The Kier molecular flexibility index (Phi) is 5.09. The van der Waals surface area contributed by atoms with E-state index in [0.29, 0.717) is 6.04 Å². The summed E-state index contributed by atoms with van der Waals surface area (Å²) in [5.41, 5.74) is 1.97. The van der Waals surface area contributed by atoms with Gasteiger partial charge in [0, 0.05) is 12.6 Å². The molecular weight excluding hydrogens is 332 g/mol. The van der Waals surface area contributed by atoms with Crippen LogP contribution in [0.25, 0.3) is 0 Å². The van der Waals surface area contributed by atoms with Crippen LogP contribution in [0.3, 0.4) is 0 Å². The van der Waals surface area contributed by atoms with Crippen LogP contribution in [0.4, 0.5) is 0 Å². The fraction of sp³-hybridized carbons (Fsp3) is 0.708. The molecule has 4 fully saturated rings. The van der Waals surface area contributed by atoms with Crippen LogP contribution in [0.2, 0.25) is 0 Å². The summed E-state index contributed by atoms with van der Waals surface area (Å²) in [7, 11) is 4.21. The van der Waals surface area contributed by atoms with E-state index < -0.39 is 5.41 Å². The summed E-state index contributed by atoms with van der Waals surface area (Å²) in [6.07, 6.45) is 7.86. The van der Waals surface area contributed by atoms with Crippen molar-refractivity contribution in [3.8, 4) is 0 Å². The van der Waals surface area contributed by atoms with Crippen molar-refractivity contribution >= 4 is 5.91 Å². The molecule has 1 aromatic carbocycles. The highest BCUT2D eigenvalue weighted by atomic mass is 16.2. The van der Waals surface area contributed by atoms with E-state index in [-0.39, 0.29) is 5.91 Å². The fourth-order valence-electron chi connectivity index (χ4n) is 6.09. The Balaban J connectivity index is 1.45. The molecule has 4 bridgehead atoms. The Bertz CT molecular complexity index is 665. The first-order valence-corrected chi connectivity index (χ1v) is 10.9. The molecule has 0 aromatic heterocycles. The van der Waals surface area contributed by atoms with E-state index in [4.69, 9.17) is 0 Å². The highest BCUT2D eigenvalue weighted by Gasteiger charge is 2.49. The first-order valence-electron chi connectivity index (χ1n) is 10.9. The topological polar surface area (TPSA) is 32.3 Å². The molecular formula is C24H36N2O. The van der Waals surface area contributed by atoms with Gasteiger partial charge in [0.1, 0.15) is 0 Å². The fourth-order valence-corrected chi connectivity index (χ4v) is 6.09. The van der Waals surface area contributed by atoms with Crippen LogP contribution in [0.5, 0.6) is 0 Å². The summed E-state index contributed by atoms with van der Waals surface area (Å²) >= 11 is 0. The van der Waals surface area contributed by atoms with Gasteiger partial charge in [-0.25, -0.2) is 0 Å². The SMILES string of the molecule is CN(C)CCc1cccc(C(C)(C)C(=O)NC2C3CC4CC(C3)CC2C4)c1. The molecule has 0 atom stereocenters. The number of amides is 1. The largest absolute Gasteiger partial charge is 0.352 e. The van der Waals surface area contributed by atoms with Crippen molar-refractivity contribution in [1.29, 1.82) is 0 Å². The van der Waals surface area contributed by atoms with Crippen molar-refractivity contribution in [2.24, 2.45) is 23.7 Å². The second kappa shape index (κ2) is 7.24. The summed E-state index contributed by atoms with van der Waals surface area (Å²) < 4.78 is 0. The maximum atomic E-state index is 13.3. The molecule has 5 rings (SSSR count). The molecule has 0 unspecified atom stereocenters. The first-order chi connectivity index (χ1) is 12.8. The first kappa shape index (κ1) is 19.0. The molecule has 4 aliphatic carbocycles. The quantitative estimate of drug-likeness (QED) is 0.823. The average molecular weight is 369 g/mol. The predicted octanol–water partition coefficient (Wildman–Crippen LogP) is 4.01. The average Bonchev–Trinajstić information content (AvgIpc) is 2.62. The smallest absolute Gasteiger partial charge is 0.230 e. The number of hydrogen-bond donors (Lipinski definition) is 1. The molecule has 148 valence electrons. The van der Waals surface area contributed by atoms with Crippen molar-refractivity contribution in [1.82, 2.24) is 10.2 Å². The van der Waals surface area contributed by atoms with Crippen molar-refractivity contribution in [2.75, 3.05) is 20.6 Å². The third kappa shape index (κ3) is 3.81. The van der Waals surface area contributed by atoms with Gasteiger partial charge in [0.15, 0.2) is 0 Å². The van der Waals surface area contributed by atoms with Crippen molar-refractivity contribution < 1.29 is 4.79 Å². The number of nitrogens with one attached hydrogen (secondary N) is 1. The van der Waals surface area contributed by atoms with Crippen LogP contribution in [0, 0.1) is 23.7 Å². The van der Waals surface area contributed by atoms with E-state index in [1.807, 2.05) is 0 Å². The molecule has 3 nitrogen and oxygen atoms in total. The number of nitrogens with zero attached hydrogens (tertiary/aromatic N) is 1. The summed E-state index contributed by atoms with van der Waals surface area (Å²) in [6, 6.07) is 9.06. The van der Waals surface area contributed by atoms with Crippen LogP contribution >= 0.6 is 0 Å². The predicted molar refractivity (Wildman–Crippen MR) is 111 cm³/mol. The van der Waals surface area contributed by atoms with Gasteiger partial charge in [0.25, 0.3) is 0 Å². The maximum absolute atomic E-state index is 13.3. The number of rotatable bonds is 6. The van der Waals surface area contributed by atoms with Crippen molar-refractivity contribution in [3.05, 3.63) is 35.4 Å². The number of benzene rings is 1. The second-order valence-electron chi connectivity index (χ2n) is 10.3. The van der Waals surface area contributed by atoms with Crippen molar-refractivity contribution in [3.63, 3.8) is 0 Å². The molecule has 3 heteroatoms. The van der Waals surface area contributed by atoms with Gasteiger partial charge in [-0.05, 0) is 101 Å². The highest BCUT2D eigenvalue weighted by Crippen LogP contribution is 2.53. The van der Waals surface area contributed by atoms with E-state index in [1.165, 1.54) is 37.7 Å². The lowest BCUT2D eigenvalue weighted by molar-refractivity contribution is -0.129. The molecule has 1 amide bonds. The van der Waals surface area contributed by atoms with Gasteiger partial charge in [0.05, 0.1) is 5.41 Å². The van der Waals surface area contributed by atoms with Crippen LogP contribution in [-0.2, 0) is 16.6 Å². The number of carbonyl (C=O) groups excluding carboxylic acids is 1. The lowest BCUT2D eigenvalue weighted by Crippen LogP contribution is -2.58. The second-order valence-corrected chi connectivity index (χ2v) is 10.3.